The summed E-state index contributed by atoms with van der Waals surface area (Å²) >= 11 is 0. The fourth-order valence-electron chi connectivity index (χ4n) is 5.28. The molecule has 2 heterocycles. The van der Waals surface area contributed by atoms with E-state index in [0.29, 0.717) is 47.3 Å². The van der Waals surface area contributed by atoms with E-state index in [1.807, 2.05) is 6.92 Å². The highest BCUT2D eigenvalue weighted by molar-refractivity contribution is 5.96. The number of carboxylic acids is 1. The van der Waals surface area contributed by atoms with E-state index in [2.05, 4.69) is 25.9 Å². The molecule has 0 radical (unpaired) electrons. The summed E-state index contributed by atoms with van der Waals surface area (Å²) in [6.07, 6.45) is 6.43. The molecule has 194 valence electrons. The second-order valence-corrected chi connectivity index (χ2v) is 9.84. The van der Waals surface area contributed by atoms with Crippen LogP contribution in [0.25, 0.3) is 11.4 Å². The normalized spacial score (nSPS) is 21.1. The van der Waals surface area contributed by atoms with Crippen molar-refractivity contribution in [3.8, 4) is 11.4 Å². The maximum Gasteiger partial charge on any atom is 0.413 e. The number of aryl methyl sites for hydroxylation is 2. The van der Waals surface area contributed by atoms with Crippen LogP contribution in [0.2, 0.25) is 0 Å². The fourth-order valence-corrected chi connectivity index (χ4v) is 5.28. The lowest BCUT2D eigenvalue weighted by Crippen LogP contribution is -2.36. The van der Waals surface area contributed by atoms with Gasteiger partial charge in [0.2, 0.25) is 5.91 Å². The number of carbonyl (C=O) groups excluding carboxylic acids is 2. The summed E-state index contributed by atoms with van der Waals surface area (Å²) in [6, 6.07) is 3.38. The summed E-state index contributed by atoms with van der Waals surface area (Å²) < 4.78 is 7.04. The molecule has 0 spiro atoms. The summed E-state index contributed by atoms with van der Waals surface area (Å²) in [5.74, 6) is -1.74. The molecule has 4 rings (SSSR count). The number of hydrogen-bond donors (Lipinski definition) is 3. The predicted molar refractivity (Wildman–Crippen MR) is 132 cm³/mol. The van der Waals surface area contributed by atoms with Crippen LogP contribution < -0.4 is 10.6 Å². The van der Waals surface area contributed by atoms with E-state index in [9.17, 15) is 19.5 Å². The molecule has 0 bridgehead atoms. The average molecular weight is 499 g/mol. The van der Waals surface area contributed by atoms with Crippen molar-refractivity contribution in [3.05, 3.63) is 17.8 Å². The van der Waals surface area contributed by atoms with Crippen LogP contribution >= 0.6 is 0 Å². The lowest BCUT2D eigenvalue weighted by molar-refractivity contribution is -0.147. The van der Waals surface area contributed by atoms with Crippen molar-refractivity contribution in [1.82, 2.24) is 20.0 Å². The van der Waals surface area contributed by atoms with Crippen LogP contribution in [0.3, 0.4) is 0 Å². The molecule has 11 heteroatoms. The lowest BCUT2D eigenvalue weighted by Gasteiger charge is -2.27. The molecular formula is C25H34N6O5. The Labute approximate surface area is 210 Å². The first-order valence-electron chi connectivity index (χ1n) is 12.6. The third-order valence-corrected chi connectivity index (χ3v) is 7.41. The van der Waals surface area contributed by atoms with Crippen LogP contribution in [0, 0.1) is 24.7 Å². The van der Waals surface area contributed by atoms with Crippen molar-refractivity contribution in [2.45, 2.75) is 71.3 Å². The van der Waals surface area contributed by atoms with Crippen LogP contribution in [0.4, 0.5) is 16.3 Å². The van der Waals surface area contributed by atoms with Gasteiger partial charge in [-0.3, -0.25) is 14.9 Å². The second kappa shape index (κ2) is 11.0. The molecule has 0 aromatic carbocycles. The van der Waals surface area contributed by atoms with E-state index < -0.39 is 23.9 Å². The van der Waals surface area contributed by atoms with E-state index in [1.165, 1.54) is 4.68 Å². The number of aliphatic carboxylic acids is 1. The number of nitrogens with one attached hydrogen (secondary N) is 2. The van der Waals surface area contributed by atoms with Crippen molar-refractivity contribution >= 4 is 29.5 Å². The molecular weight excluding hydrogens is 464 g/mol. The molecule has 0 aliphatic heterocycles. The largest absolute Gasteiger partial charge is 0.481 e. The SMILES string of the molecule is Cc1nc(-c2nnn(C)c2NC(=O)O[C@H](C)C2CCCC2)ccc1NC(=O)C1CCCC[C@@H]1C(=O)O. The second-order valence-electron chi connectivity index (χ2n) is 9.84. The van der Waals surface area contributed by atoms with E-state index in [4.69, 9.17) is 4.74 Å². The van der Waals surface area contributed by atoms with E-state index in [1.54, 1.807) is 26.1 Å². The van der Waals surface area contributed by atoms with Gasteiger partial charge in [-0.05, 0) is 57.6 Å². The molecule has 0 saturated heterocycles. The van der Waals surface area contributed by atoms with Gasteiger partial charge < -0.3 is 15.2 Å². The third-order valence-electron chi connectivity index (χ3n) is 7.41. The minimum atomic E-state index is -0.932. The summed E-state index contributed by atoms with van der Waals surface area (Å²) in [6.45, 7) is 3.66. The molecule has 3 N–H and O–H groups in total. The summed E-state index contributed by atoms with van der Waals surface area (Å²) in [5.41, 5.74) is 1.89. The molecule has 1 unspecified atom stereocenters. The van der Waals surface area contributed by atoms with E-state index >= 15 is 0 Å². The van der Waals surface area contributed by atoms with Gasteiger partial charge in [-0.2, -0.15) is 0 Å². The fraction of sp³-hybridized carbons (Fsp3) is 0.600. The van der Waals surface area contributed by atoms with Gasteiger partial charge in [0, 0.05) is 7.05 Å². The maximum absolute atomic E-state index is 12.9. The Morgan fingerprint density at radius 3 is 2.39 bits per heavy atom. The van der Waals surface area contributed by atoms with Gasteiger partial charge in [0.25, 0.3) is 0 Å². The smallest absolute Gasteiger partial charge is 0.413 e. The van der Waals surface area contributed by atoms with Crippen molar-refractivity contribution in [3.63, 3.8) is 0 Å². The summed E-state index contributed by atoms with van der Waals surface area (Å²) in [7, 11) is 1.66. The number of amides is 2. The van der Waals surface area contributed by atoms with Crippen molar-refractivity contribution in [2.75, 3.05) is 10.6 Å². The molecule has 36 heavy (non-hydrogen) atoms. The molecule has 2 fully saturated rings. The number of hydrogen-bond acceptors (Lipinski definition) is 7. The zero-order chi connectivity index (χ0) is 25.8. The van der Waals surface area contributed by atoms with Gasteiger partial charge >= 0.3 is 12.1 Å². The highest BCUT2D eigenvalue weighted by atomic mass is 16.6. The summed E-state index contributed by atoms with van der Waals surface area (Å²) in [4.78, 5) is 41.6. The quantitative estimate of drug-likeness (QED) is 0.516. The molecule has 2 aliphatic carbocycles. The number of carbonyl (C=O) groups is 3. The average Bonchev–Trinajstić information content (AvgIpc) is 3.51. The van der Waals surface area contributed by atoms with Crippen LogP contribution in [0.15, 0.2) is 12.1 Å². The van der Waals surface area contributed by atoms with Crippen LogP contribution in [-0.2, 0) is 21.4 Å². The Hall–Kier alpha value is -3.50. The van der Waals surface area contributed by atoms with Crippen LogP contribution in [0.5, 0.6) is 0 Å². The highest BCUT2D eigenvalue weighted by Crippen LogP contribution is 2.33. The monoisotopic (exact) mass is 498 g/mol. The Morgan fingerprint density at radius 2 is 1.72 bits per heavy atom. The van der Waals surface area contributed by atoms with Crippen molar-refractivity contribution in [2.24, 2.45) is 24.8 Å². The lowest BCUT2D eigenvalue weighted by atomic mass is 9.78. The number of ether oxygens (including phenoxy) is 1. The molecule has 11 nitrogen and oxygen atoms in total. The van der Waals surface area contributed by atoms with Crippen LogP contribution in [-0.4, -0.2) is 49.2 Å². The number of rotatable bonds is 7. The topological polar surface area (TPSA) is 148 Å². The van der Waals surface area contributed by atoms with Gasteiger partial charge in [-0.1, -0.05) is 30.9 Å². The Kier molecular flexibility index (Phi) is 7.85. The Morgan fingerprint density at radius 1 is 1.06 bits per heavy atom. The number of pyridine rings is 1. The summed E-state index contributed by atoms with van der Waals surface area (Å²) in [5, 5.41) is 23.3. The molecule has 2 saturated carbocycles. The first kappa shape index (κ1) is 25.6. The number of aromatic nitrogens is 4. The third kappa shape index (κ3) is 5.66. The predicted octanol–water partition coefficient (Wildman–Crippen LogP) is 4.14. The minimum absolute atomic E-state index is 0.176. The minimum Gasteiger partial charge on any atom is -0.481 e. The molecule has 2 aliphatic rings. The van der Waals surface area contributed by atoms with E-state index in [-0.39, 0.29) is 12.0 Å². The maximum atomic E-state index is 12.9. The number of anilines is 2. The van der Waals surface area contributed by atoms with Crippen LogP contribution in [0.1, 0.15) is 64.0 Å². The number of carboxylic acid groups (broad SMARTS) is 1. The zero-order valence-electron chi connectivity index (χ0n) is 21.0. The molecule has 2 aromatic heterocycles. The molecule has 2 amide bonds. The van der Waals surface area contributed by atoms with Gasteiger partial charge in [-0.15, -0.1) is 5.10 Å². The first-order chi connectivity index (χ1) is 17.2. The Balaban J connectivity index is 1.45. The standard InChI is InChI=1S/C25H34N6O5/c1-14-19(27-23(32)17-10-6-7-11-18(17)24(33)34)12-13-20(26-14)21-22(31(3)30-29-21)28-25(35)36-15(2)16-8-4-5-9-16/h12-13,15-18H,4-11H2,1-3H3,(H,27,32)(H,28,35)(H,33,34)/t15-,17?,18+/m1/s1. The highest BCUT2D eigenvalue weighted by Gasteiger charge is 2.36. The van der Waals surface area contributed by atoms with Crippen molar-refractivity contribution < 1.29 is 24.2 Å². The molecule has 3 atom stereocenters. The number of nitrogens with zero attached hydrogens (tertiary/aromatic N) is 4. The van der Waals surface area contributed by atoms with Gasteiger partial charge in [-0.25, -0.2) is 14.5 Å². The zero-order valence-corrected chi connectivity index (χ0v) is 21.0. The molecule has 2 aromatic rings. The van der Waals surface area contributed by atoms with Gasteiger partial charge in [0.15, 0.2) is 11.5 Å². The Bertz CT molecular complexity index is 1130. The van der Waals surface area contributed by atoms with Gasteiger partial charge in [0.1, 0.15) is 6.10 Å². The van der Waals surface area contributed by atoms with Gasteiger partial charge in [0.05, 0.1) is 28.9 Å². The van der Waals surface area contributed by atoms with Crippen molar-refractivity contribution in [1.29, 1.82) is 0 Å². The van der Waals surface area contributed by atoms with E-state index in [0.717, 1.165) is 38.5 Å². The first-order valence-corrected chi connectivity index (χ1v) is 12.6.